The number of carbonyl (C=O) groups excluding carboxylic acids is 1. The van der Waals surface area contributed by atoms with E-state index >= 15 is 0 Å². The molecular formula is C14H18N2O3. The molecule has 1 fully saturated rings. The molecule has 1 aromatic heterocycles. The smallest absolute Gasteiger partial charge is 0.354 e. The summed E-state index contributed by atoms with van der Waals surface area (Å²) in [6.45, 7) is 3.74. The number of aromatic carboxylic acids is 1. The second-order valence-corrected chi connectivity index (χ2v) is 5.07. The van der Waals surface area contributed by atoms with Crippen molar-refractivity contribution in [3.63, 3.8) is 0 Å². The van der Waals surface area contributed by atoms with Gasteiger partial charge in [0.2, 0.25) is 0 Å². The Morgan fingerprint density at radius 2 is 2.11 bits per heavy atom. The van der Waals surface area contributed by atoms with Crippen LogP contribution in [0, 0.1) is 5.92 Å². The van der Waals surface area contributed by atoms with E-state index in [0.717, 1.165) is 32.4 Å². The largest absolute Gasteiger partial charge is 0.477 e. The van der Waals surface area contributed by atoms with Gasteiger partial charge in [0.15, 0.2) is 0 Å². The number of likely N-dealkylation sites (tertiary alicyclic amines) is 1. The van der Waals surface area contributed by atoms with Crippen LogP contribution in [0.2, 0.25) is 0 Å². The van der Waals surface area contributed by atoms with Crippen LogP contribution in [0.5, 0.6) is 0 Å². The summed E-state index contributed by atoms with van der Waals surface area (Å²) in [7, 11) is 0. The normalized spacial score (nSPS) is 19.8. The lowest BCUT2D eigenvalue weighted by Crippen LogP contribution is -2.32. The van der Waals surface area contributed by atoms with Crippen LogP contribution in [0.4, 0.5) is 0 Å². The lowest BCUT2D eigenvalue weighted by Gasteiger charge is -2.20. The van der Waals surface area contributed by atoms with Gasteiger partial charge < -0.3 is 10.0 Å². The number of aromatic nitrogens is 1. The summed E-state index contributed by atoms with van der Waals surface area (Å²) in [6.07, 6.45) is 4.54. The molecule has 2 heterocycles. The predicted molar refractivity (Wildman–Crippen MR) is 70.1 cm³/mol. The van der Waals surface area contributed by atoms with Crippen LogP contribution >= 0.6 is 0 Å². The molecule has 1 N–H and O–H groups in total. The zero-order valence-corrected chi connectivity index (χ0v) is 11.0. The van der Waals surface area contributed by atoms with Crippen LogP contribution in [0.3, 0.4) is 0 Å². The summed E-state index contributed by atoms with van der Waals surface area (Å²) in [5.74, 6) is -0.480. The first kappa shape index (κ1) is 13.5. The third-order valence-electron chi connectivity index (χ3n) is 3.53. The maximum absolute atomic E-state index is 12.3. The lowest BCUT2D eigenvalue weighted by molar-refractivity contribution is 0.0687. The van der Waals surface area contributed by atoms with Crippen molar-refractivity contribution in [2.45, 2.75) is 26.2 Å². The summed E-state index contributed by atoms with van der Waals surface area (Å²) in [5, 5.41) is 8.77. The molecule has 19 heavy (non-hydrogen) atoms. The van der Waals surface area contributed by atoms with Crippen LogP contribution < -0.4 is 0 Å². The second-order valence-electron chi connectivity index (χ2n) is 5.07. The van der Waals surface area contributed by atoms with Crippen LogP contribution in [-0.4, -0.2) is 40.0 Å². The van der Waals surface area contributed by atoms with Gasteiger partial charge in [-0.3, -0.25) is 4.79 Å². The molecule has 1 unspecified atom stereocenters. The molecule has 0 spiro atoms. The zero-order valence-electron chi connectivity index (χ0n) is 11.0. The molecule has 5 nitrogen and oxygen atoms in total. The lowest BCUT2D eigenvalue weighted by atomic mass is 10.0. The third kappa shape index (κ3) is 3.30. The third-order valence-corrected chi connectivity index (χ3v) is 3.53. The van der Waals surface area contributed by atoms with Crippen LogP contribution in [0.15, 0.2) is 18.3 Å². The first-order valence-electron chi connectivity index (χ1n) is 6.56. The van der Waals surface area contributed by atoms with E-state index in [1.54, 1.807) is 0 Å². The topological polar surface area (TPSA) is 70.5 Å². The molecular weight excluding hydrogens is 244 g/mol. The van der Waals surface area contributed by atoms with Crippen molar-refractivity contribution in [3.8, 4) is 0 Å². The number of carboxylic acid groups (broad SMARTS) is 1. The van der Waals surface area contributed by atoms with Crippen LogP contribution in [0.25, 0.3) is 0 Å². The molecule has 0 aliphatic carbocycles. The molecule has 1 atom stereocenters. The Morgan fingerprint density at radius 1 is 1.32 bits per heavy atom. The number of pyridine rings is 1. The minimum absolute atomic E-state index is 0.0407. The molecule has 2 rings (SSSR count). The Labute approximate surface area is 112 Å². The van der Waals surface area contributed by atoms with Crippen molar-refractivity contribution >= 4 is 11.9 Å². The summed E-state index contributed by atoms with van der Waals surface area (Å²) < 4.78 is 0. The van der Waals surface area contributed by atoms with Gasteiger partial charge in [-0.1, -0.05) is 6.92 Å². The van der Waals surface area contributed by atoms with Crippen molar-refractivity contribution in [2.75, 3.05) is 13.1 Å². The summed E-state index contributed by atoms with van der Waals surface area (Å²) in [6, 6.07) is 2.91. The van der Waals surface area contributed by atoms with E-state index in [-0.39, 0.29) is 11.6 Å². The van der Waals surface area contributed by atoms with Crippen molar-refractivity contribution < 1.29 is 14.7 Å². The van der Waals surface area contributed by atoms with Gasteiger partial charge in [-0.15, -0.1) is 0 Å². The van der Waals surface area contributed by atoms with E-state index in [4.69, 9.17) is 5.11 Å². The van der Waals surface area contributed by atoms with Gasteiger partial charge in [-0.25, -0.2) is 9.78 Å². The molecule has 102 valence electrons. The average Bonchev–Trinajstić information content (AvgIpc) is 2.63. The van der Waals surface area contributed by atoms with Crippen LogP contribution in [-0.2, 0) is 0 Å². The Kier molecular flexibility index (Phi) is 4.14. The molecule has 1 aliphatic heterocycles. The van der Waals surface area contributed by atoms with E-state index in [1.165, 1.54) is 18.3 Å². The van der Waals surface area contributed by atoms with Gasteiger partial charge in [0, 0.05) is 19.3 Å². The molecule has 0 radical (unpaired) electrons. The average molecular weight is 262 g/mol. The molecule has 5 heteroatoms. The van der Waals surface area contributed by atoms with Crippen LogP contribution in [0.1, 0.15) is 47.0 Å². The first-order chi connectivity index (χ1) is 9.08. The Hall–Kier alpha value is -1.91. The highest BCUT2D eigenvalue weighted by Crippen LogP contribution is 2.18. The minimum atomic E-state index is -1.08. The molecule has 1 saturated heterocycles. The molecule has 0 bridgehead atoms. The Bertz CT molecular complexity index is 470. The fraction of sp³-hybridized carbons (Fsp3) is 0.500. The second kappa shape index (κ2) is 5.82. The SMILES string of the molecule is CC1CCCN(C(=O)c2ccc(C(=O)O)nc2)CC1. The van der Waals surface area contributed by atoms with Crippen molar-refractivity contribution in [1.82, 2.24) is 9.88 Å². The molecule has 1 aromatic rings. The number of nitrogens with zero attached hydrogens (tertiary/aromatic N) is 2. The quantitative estimate of drug-likeness (QED) is 0.885. The summed E-state index contributed by atoms with van der Waals surface area (Å²) in [4.78, 5) is 28.6. The maximum Gasteiger partial charge on any atom is 0.354 e. The maximum atomic E-state index is 12.3. The molecule has 1 aliphatic rings. The number of carbonyl (C=O) groups is 2. The van der Waals surface area contributed by atoms with Gasteiger partial charge in [-0.2, -0.15) is 0 Å². The van der Waals surface area contributed by atoms with Gasteiger partial charge in [0.1, 0.15) is 5.69 Å². The Balaban J connectivity index is 2.08. The van der Waals surface area contributed by atoms with E-state index in [0.29, 0.717) is 11.5 Å². The van der Waals surface area contributed by atoms with Crippen molar-refractivity contribution in [1.29, 1.82) is 0 Å². The molecule has 0 aromatic carbocycles. The first-order valence-corrected chi connectivity index (χ1v) is 6.56. The van der Waals surface area contributed by atoms with E-state index in [9.17, 15) is 9.59 Å². The summed E-state index contributed by atoms with van der Waals surface area (Å²) in [5.41, 5.74) is 0.417. The number of amides is 1. The fourth-order valence-electron chi connectivity index (χ4n) is 2.30. The van der Waals surface area contributed by atoms with E-state index < -0.39 is 5.97 Å². The predicted octanol–water partition coefficient (Wildman–Crippen LogP) is 2.04. The van der Waals surface area contributed by atoms with Gasteiger partial charge >= 0.3 is 5.97 Å². The highest BCUT2D eigenvalue weighted by atomic mass is 16.4. The standard InChI is InChI=1S/C14H18N2O3/c1-10-3-2-7-16(8-6-10)13(17)11-4-5-12(14(18)19)15-9-11/h4-5,9-10H,2-3,6-8H2,1H3,(H,18,19). The van der Waals surface area contributed by atoms with E-state index in [2.05, 4.69) is 11.9 Å². The Morgan fingerprint density at radius 3 is 2.74 bits per heavy atom. The number of hydrogen-bond acceptors (Lipinski definition) is 3. The summed E-state index contributed by atoms with van der Waals surface area (Å²) >= 11 is 0. The van der Waals surface area contributed by atoms with Gasteiger partial charge in [0.25, 0.3) is 5.91 Å². The highest BCUT2D eigenvalue weighted by molar-refractivity contribution is 5.94. The van der Waals surface area contributed by atoms with Crippen molar-refractivity contribution in [3.05, 3.63) is 29.6 Å². The molecule has 1 amide bonds. The van der Waals surface area contributed by atoms with Crippen molar-refractivity contribution in [2.24, 2.45) is 5.92 Å². The number of hydrogen-bond donors (Lipinski definition) is 1. The van der Waals surface area contributed by atoms with E-state index in [1.807, 2.05) is 4.90 Å². The highest BCUT2D eigenvalue weighted by Gasteiger charge is 2.20. The fourth-order valence-corrected chi connectivity index (χ4v) is 2.30. The number of carboxylic acids is 1. The molecule has 0 saturated carbocycles. The number of rotatable bonds is 2. The zero-order chi connectivity index (χ0) is 13.8. The monoisotopic (exact) mass is 262 g/mol. The van der Waals surface area contributed by atoms with Gasteiger partial charge in [0.05, 0.1) is 5.56 Å². The minimum Gasteiger partial charge on any atom is -0.477 e. The van der Waals surface area contributed by atoms with Gasteiger partial charge in [-0.05, 0) is 37.3 Å².